The number of aromatic nitrogens is 6. The molecule has 39 heavy (non-hydrogen) atoms. The van der Waals surface area contributed by atoms with Gasteiger partial charge >= 0.3 is 11.9 Å². The number of benzene rings is 1. The van der Waals surface area contributed by atoms with Gasteiger partial charge in [0.05, 0.1) is 11.8 Å². The van der Waals surface area contributed by atoms with E-state index in [-0.39, 0.29) is 34.7 Å². The van der Waals surface area contributed by atoms with Crippen molar-refractivity contribution < 1.29 is 27.1 Å². The number of pyridine rings is 2. The molecule has 0 bridgehead atoms. The van der Waals surface area contributed by atoms with Gasteiger partial charge in [-0.15, -0.1) is 0 Å². The number of halogens is 4. The summed E-state index contributed by atoms with van der Waals surface area (Å²) >= 11 is 0. The van der Waals surface area contributed by atoms with E-state index < -0.39 is 34.8 Å². The molecule has 4 heterocycles. The third-order valence-electron chi connectivity index (χ3n) is 5.65. The molecule has 10 nitrogen and oxygen atoms in total. The summed E-state index contributed by atoms with van der Waals surface area (Å²) in [5.74, 6) is -2.29. The number of fused-ring (bicyclic) bond motifs is 1. The summed E-state index contributed by atoms with van der Waals surface area (Å²) in [5.41, 5.74) is -2.05. The Morgan fingerprint density at radius 2 is 1.87 bits per heavy atom. The lowest BCUT2D eigenvalue weighted by atomic mass is 10.2. The quantitative estimate of drug-likeness (QED) is 0.289. The Morgan fingerprint density at radius 3 is 2.54 bits per heavy atom. The predicted octanol–water partition coefficient (Wildman–Crippen LogP) is 5.09. The molecule has 0 unspecified atom stereocenters. The van der Waals surface area contributed by atoms with Crippen LogP contribution in [0.4, 0.5) is 23.2 Å². The van der Waals surface area contributed by atoms with Crippen LogP contribution in [0.5, 0.6) is 11.5 Å². The van der Waals surface area contributed by atoms with Gasteiger partial charge in [-0.1, -0.05) is 6.07 Å². The number of alkyl halides is 3. The van der Waals surface area contributed by atoms with Gasteiger partial charge in [-0.05, 0) is 38.1 Å². The summed E-state index contributed by atoms with van der Waals surface area (Å²) in [6.45, 7) is 3.57. The van der Waals surface area contributed by atoms with Crippen molar-refractivity contribution in [3.05, 3.63) is 88.6 Å². The topological polar surface area (TPSA) is 120 Å². The molecule has 200 valence electrons. The minimum atomic E-state index is -4.94. The van der Waals surface area contributed by atoms with Crippen LogP contribution in [0.25, 0.3) is 17.0 Å². The first kappa shape index (κ1) is 25.6. The van der Waals surface area contributed by atoms with E-state index in [1.165, 1.54) is 53.4 Å². The molecule has 1 aromatic carbocycles. The summed E-state index contributed by atoms with van der Waals surface area (Å²) in [7, 11) is 0. The van der Waals surface area contributed by atoms with Crippen molar-refractivity contribution in [2.45, 2.75) is 26.1 Å². The molecule has 5 rings (SSSR count). The first-order valence-electron chi connectivity index (χ1n) is 11.5. The fraction of sp³-hybridized carbons (Fsp3) is 0.160. The Labute approximate surface area is 216 Å². The highest BCUT2D eigenvalue weighted by molar-refractivity contribution is 6.05. The maximum atomic E-state index is 15.0. The molecular formula is C25H19F4N7O3. The average molecular weight is 541 g/mol. The molecule has 5 aromatic rings. The standard InChI is InChI=1S/C25H19F4N7O3/c1-13(2)35-20-18(8-10-31-22(20)34-24(35)38)39-17-7-6-14(11-16(17)26)33-23(37)15-12-32-36(21(15)25(27,28)29)19-5-3-4-9-30-19/h3-13H,1-2H3,(H,33,37)(H,31,34,38). The monoisotopic (exact) mass is 541 g/mol. The van der Waals surface area contributed by atoms with Gasteiger partial charge in [0.2, 0.25) is 0 Å². The van der Waals surface area contributed by atoms with Gasteiger partial charge < -0.3 is 10.1 Å². The Hall–Kier alpha value is -5.01. The number of aromatic amines is 1. The highest BCUT2D eigenvalue weighted by Gasteiger charge is 2.41. The van der Waals surface area contributed by atoms with E-state index in [0.29, 0.717) is 10.2 Å². The molecule has 1 amide bonds. The maximum absolute atomic E-state index is 15.0. The Balaban J connectivity index is 1.43. The van der Waals surface area contributed by atoms with Gasteiger partial charge in [0.1, 0.15) is 5.52 Å². The lowest BCUT2D eigenvalue weighted by Crippen LogP contribution is -2.21. The van der Waals surface area contributed by atoms with E-state index in [4.69, 9.17) is 4.74 Å². The largest absolute Gasteiger partial charge is 0.452 e. The molecule has 0 saturated heterocycles. The third-order valence-corrected chi connectivity index (χ3v) is 5.65. The Kier molecular flexibility index (Phi) is 6.38. The number of carbonyl (C=O) groups is 1. The summed E-state index contributed by atoms with van der Waals surface area (Å²) in [6.07, 6.45) is -1.50. The number of H-pyrrole nitrogens is 1. The SMILES string of the molecule is CC(C)n1c(=O)[nH]c2nccc(Oc3ccc(NC(=O)c4cnn(-c5ccccn5)c4C(F)(F)F)cc3F)c21. The molecule has 0 atom stereocenters. The normalized spacial score (nSPS) is 11.8. The van der Waals surface area contributed by atoms with Gasteiger partial charge in [-0.3, -0.25) is 14.3 Å². The van der Waals surface area contributed by atoms with E-state index in [0.717, 1.165) is 12.3 Å². The maximum Gasteiger partial charge on any atom is 0.434 e. The van der Waals surface area contributed by atoms with Gasteiger partial charge in [0, 0.05) is 36.3 Å². The van der Waals surface area contributed by atoms with Crippen molar-refractivity contribution in [1.82, 2.24) is 29.3 Å². The zero-order valence-electron chi connectivity index (χ0n) is 20.3. The van der Waals surface area contributed by atoms with Crippen LogP contribution in [0.3, 0.4) is 0 Å². The molecule has 0 spiro atoms. The van der Waals surface area contributed by atoms with Crippen molar-refractivity contribution >= 4 is 22.8 Å². The molecule has 0 saturated carbocycles. The van der Waals surface area contributed by atoms with Crippen LogP contribution >= 0.6 is 0 Å². The van der Waals surface area contributed by atoms with Gasteiger partial charge in [0.15, 0.2) is 34.5 Å². The molecule has 0 radical (unpaired) electrons. The smallest absolute Gasteiger partial charge is 0.434 e. The second-order valence-electron chi connectivity index (χ2n) is 8.61. The number of imidazole rings is 1. The van der Waals surface area contributed by atoms with Crippen molar-refractivity contribution in [3.8, 4) is 17.3 Å². The minimum absolute atomic E-state index is 0.121. The number of rotatable bonds is 6. The van der Waals surface area contributed by atoms with E-state index >= 15 is 0 Å². The number of ether oxygens (including phenoxy) is 1. The zero-order valence-corrected chi connectivity index (χ0v) is 20.3. The summed E-state index contributed by atoms with van der Waals surface area (Å²) in [6, 6.07) is 8.88. The highest BCUT2D eigenvalue weighted by atomic mass is 19.4. The number of anilines is 1. The van der Waals surface area contributed by atoms with E-state index in [1.54, 1.807) is 13.8 Å². The Morgan fingerprint density at radius 1 is 1.08 bits per heavy atom. The van der Waals surface area contributed by atoms with Crippen LogP contribution in [0.1, 0.15) is 35.9 Å². The molecular weight excluding hydrogens is 522 g/mol. The fourth-order valence-electron chi connectivity index (χ4n) is 4.02. The fourth-order valence-corrected chi connectivity index (χ4v) is 4.02. The lowest BCUT2D eigenvalue weighted by Gasteiger charge is -2.13. The molecule has 4 aromatic heterocycles. The zero-order chi connectivity index (χ0) is 27.9. The van der Waals surface area contributed by atoms with Crippen LogP contribution in [-0.4, -0.2) is 35.2 Å². The first-order chi connectivity index (χ1) is 18.5. The van der Waals surface area contributed by atoms with Gasteiger partial charge in [0.25, 0.3) is 5.91 Å². The number of nitrogens with zero attached hydrogens (tertiary/aromatic N) is 5. The Bertz CT molecular complexity index is 1740. The number of carbonyl (C=O) groups excluding carboxylic acids is 1. The molecule has 2 N–H and O–H groups in total. The van der Waals surface area contributed by atoms with Crippen LogP contribution in [0.15, 0.2) is 65.8 Å². The second-order valence-corrected chi connectivity index (χ2v) is 8.61. The lowest BCUT2D eigenvalue weighted by molar-refractivity contribution is -0.143. The summed E-state index contributed by atoms with van der Waals surface area (Å²) < 4.78 is 64.2. The van der Waals surface area contributed by atoms with Gasteiger partial charge in [-0.25, -0.2) is 23.8 Å². The number of hydrogen-bond acceptors (Lipinski definition) is 6. The van der Waals surface area contributed by atoms with Crippen LogP contribution in [0.2, 0.25) is 0 Å². The molecule has 0 aliphatic rings. The summed E-state index contributed by atoms with van der Waals surface area (Å²) in [5, 5.41) is 5.94. The van der Waals surface area contributed by atoms with E-state index in [9.17, 15) is 27.2 Å². The number of hydrogen-bond donors (Lipinski definition) is 2. The van der Waals surface area contributed by atoms with Gasteiger partial charge in [-0.2, -0.15) is 18.3 Å². The van der Waals surface area contributed by atoms with Crippen molar-refractivity contribution in [3.63, 3.8) is 0 Å². The van der Waals surface area contributed by atoms with Crippen LogP contribution in [0, 0.1) is 5.82 Å². The van der Waals surface area contributed by atoms with E-state index in [1.807, 2.05) is 0 Å². The highest BCUT2D eigenvalue weighted by Crippen LogP contribution is 2.35. The summed E-state index contributed by atoms with van der Waals surface area (Å²) in [4.78, 5) is 35.6. The molecule has 0 aliphatic heterocycles. The van der Waals surface area contributed by atoms with Crippen LogP contribution < -0.4 is 15.7 Å². The number of nitrogens with one attached hydrogen (secondary N) is 2. The van der Waals surface area contributed by atoms with E-state index in [2.05, 4.69) is 25.4 Å². The minimum Gasteiger partial charge on any atom is -0.452 e. The second kappa shape index (κ2) is 9.70. The van der Waals surface area contributed by atoms with Crippen molar-refractivity contribution in [1.29, 1.82) is 0 Å². The third kappa shape index (κ3) is 4.83. The van der Waals surface area contributed by atoms with Crippen molar-refractivity contribution in [2.24, 2.45) is 0 Å². The molecule has 0 fully saturated rings. The van der Waals surface area contributed by atoms with Crippen molar-refractivity contribution in [2.75, 3.05) is 5.32 Å². The number of amides is 1. The molecule has 0 aliphatic carbocycles. The average Bonchev–Trinajstić information content (AvgIpc) is 3.48. The molecule has 14 heteroatoms. The first-order valence-corrected chi connectivity index (χ1v) is 11.5. The van der Waals surface area contributed by atoms with Crippen LogP contribution in [-0.2, 0) is 6.18 Å². The predicted molar refractivity (Wildman–Crippen MR) is 132 cm³/mol.